The van der Waals surface area contributed by atoms with Crippen LogP contribution in [0.4, 0.5) is 5.69 Å². The summed E-state index contributed by atoms with van der Waals surface area (Å²) in [4.78, 5) is 10.2. The molecule has 0 spiro atoms. The molecule has 1 aromatic carbocycles. The summed E-state index contributed by atoms with van der Waals surface area (Å²) in [5.74, 6) is -0.0314. The minimum atomic E-state index is -0.781. The van der Waals surface area contributed by atoms with E-state index >= 15 is 0 Å². The van der Waals surface area contributed by atoms with E-state index in [0.29, 0.717) is 5.56 Å². The summed E-state index contributed by atoms with van der Waals surface area (Å²) in [6.45, 7) is 3.64. The second-order valence-corrected chi connectivity index (χ2v) is 3.50. The molecule has 0 aromatic heterocycles. The SMILES string of the molecule is CC(C)[C@H](O)c1ccccc1[N+](=O)[O-]. The summed E-state index contributed by atoms with van der Waals surface area (Å²) in [7, 11) is 0. The highest BCUT2D eigenvalue weighted by Crippen LogP contribution is 2.29. The van der Waals surface area contributed by atoms with Crippen molar-refractivity contribution in [3.8, 4) is 0 Å². The van der Waals surface area contributed by atoms with Gasteiger partial charge in [0.2, 0.25) is 0 Å². The van der Waals surface area contributed by atoms with Gasteiger partial charge in [0.25, 0.3) is 5.69 Å². The summed E-state index contributed by atoms with van der Waals surface area (Å²) in [6, 6.07) is 6.27. The molecular weight excluding hydrogens is 182 g/mol. The first kappa shape index (κ1) is 10.7. The molecule has 1 rings (SSSR count). The van der Waals surface area contributed by atoms with Crippen LogP contribution in [0.25, 0.3) is 0 Å². The highest BCUT2D eigenvalue weighted by atomic mass is 16.6. The van der Waals surface area contributed by atoms with Crippen molar-refractivity contribution in [2.24, 2.45) is 5.92 Å². The summed E-state index contributed by atoms with van der Waals surface area (Å²) >= 11 is 0. The number of aliphatic hydroxyl groups excluding tert-OH is 1. The maximum absolute atomic E-state index is 10.6. The average molecular weight is 195 g/mol. The third-order valence-electron chi connectivity index (χ3n) is 2.08. The van der Waals surface area contributed by atoms with E-state index in [1.165, 1.54) is 6.07 Å². The van der Waals surface area contributed by atoms with Crippen LogP contribution in [-0.4, -0.2) is 10.0 Å². The number of rotatable bonds is 3. The molecule has 0 radical (unpaired) electrons. The van der Waals surface area contributed by atoms with Gasteiger partial charge in [-0.2, -0.15) is 0 Å². The fourth-order valence-corrected chi connectivity index (χ4v) is 1.26. The van der Waals surface area contributed by atoms with E-state index in [1.54, 1.807) is 18.2 Å². The first-order valence-corrected chi connectivity index (χ1v) is 4.45. The monoisotopic (exact) mass is 195 g/mol. The van der Waals surface area contributed by atoms with Crippen molar-refractivity contribution in [3.05, 3.63) is 39.9 Å². The third kappa shape index (κ3) is 2.09. The molecule has 0 fully saturated rings. The highest BCUT2D eigenvalue weighted by Gasteiger charge is 2.21. The molecule has 0 aliphatic carbocycles. The molecule has 1 N–H and O–H groups in total. The zero-order valence-corrected chi connectivity index (χ0v) is 8.18. The van der Waals surface area contributed by atoms with Crippen LogP contribution in [0.1, 0.15) is 25.5 Å². The Morgan fingerprint density at radius 3 is 2.43 bits per heavy atom. The maximum Gasteiger partial charge on any atom is 0.275 e. The normalized spacial score (nSPS) is 12.9. The van der Waals surface area contributed by atoms with Gasteiger partial charge >= 0.3 is 0 Å². The van der Waals surface area contributed by atoms with E-state index in [0.717, 1.165) is 0 Å². The van der Waals surface area contributed by atoms with Crippen LogP contribution in [0.3, 0.4) is 0 Å². The van der Waals surface area contributed by atoms with Crippen molar-refractivity contribution >= 4 is 5.69 Å². The Bertz CT molecular complexity index is 336. The Labute approximate surface area is 82.3 Å². The Kier molecular flexibility index (Phi) is 3.19. The van der Waals surface area contributed by atoms with Gasteiger partial charge in [-0.1, -0.05) is 26.0 Å². The zero-order chi connectivity index (χ0) is 10.7. The van der Waals surface area contributed by atoms with Crippen LogP contribution in [0.15, 0.2) is 24.3 Å². The van der Waals surface area contributed by atoms with Gasteiger partial charge in [0.05, 0.1) is 16.6 Å². The number of aliphatic hydroxyl groups is 1. The van der Waals surface area contributed by atoms with Crippen LogP contribution < -0.4 is 0 Å². The topological polar surface area (TPSA) is 63.4 Å². The molecule has 0 heterocycles. The summed E-state index contributed by atoms with van der Waals surface area (Å²) in [5.41, 5.74) is 0.362. The summed E-state index contributed by atoms with van der Waals surface area (Å²) in [5, 5.41) is 20.4. The molecule has 1 atom stereocenters. The molecule has 0 saturated carbocycles. The van der Waals surface area contributed by atoms with Gasteiger partial charge in [0, 0.05) is 6.07 Å². The molecule has 1 aromatic rings. The average Bonchev–Trinajstić information content (AvgIpc) is 2.16. The lowest BCUT2D eigenvalue weighted by atomic mass is 9.98. The van der Waals surface area contributed by atoms with Crippen LogP contribution >= 0.6 is 0 Å². The molecule has 0 aliphatic heterocycles. The number of nitro groups is 1. The predicted octanol–water partition coefficient (Wildman–Crippen LogP) is 2.28. The van der Waals surface area contributed by atoms with Crippen LogP contribution in [0.5, 0.6) is 0 Å². The number of hydrogen-bond acceptors (Lipinski definition) is 3. The molecular formula is C10H13NO3. The van der Waals surface area contributed by atoms with Gasteiger partial charge in [0.15, 0.2) is 0 Å². The third-order valence-corrected chi connectivity index (χ3v) is 2.08. The molecule has 0 bridgehead atoms. The Balaban J connectivity index is 3.13. The van der Waals surface area contributed by atoms with Gasteiger partial charge in [-0.3, -0.25) is 10.1 Å². The van der Waals surface area contributed by atoms with Crippen LogP contribution in [0.2, 0.25) is 0 Å². The highest BCUT2D eigenvalue weighted by molar-refractivity contribution is 5.41. The van der Waals surface area contributed by atoms with E-state index in [9.17, 15) is 15.2 Å². The molecule has 4 heteroatoms. The van der Waals surface area contributed by atoms with E-state index in [4.69, 9.17) is 0 Å². The van der Waals surface area contributed by atoms with Crippen molar-refractivity contribution in [2.45, 2.75) is 20.0 Å². The van der Waals surface area contributed by atoms with Crippen molar-refractivity contribution in [3.63, 3.8) is 0 Å². The number of nitro benzene ring substituents is 1. The Hall–Kier alpha value is -1.42. The largest absolute Gasteiger partial charge is 0.388 e. The molecule has 76 valence electrons. The molecule has 0 unspecified atom stereocenters. The lowest BCUT2D eigenvalue weighted by molar-refractivity contribution is -0.386. The quantitative estimate of drug-likeness (QED) is 0.594. The summed E-state index contributed by atoms with van der Waals surface area (Å²) in [6.07, 6.45) is -0.781. The Morgan fingerprint density at radius 2 is 1.93 bits per heavy atom. The minimum Gasteiger partial charge on any atom is -0.388 e. The van der Waals surface area contributed by atoms with E-state index in [2.05, 4.69) is 0 Å². The van der Waals surface area contributed by atoms with Crippen molar-refractivity contribution < 1.29 is 10.0 Å². The molecule has 4 nitrogen and oxygen atoms in total. The van der Waals surface area contributed by atoms with Gasteiger partial charge in [-0.25, -0.2) is 0 Å². The molecule has 14 heavy (non-hydrogen) atoms. The fraction of sp³-hybridized carbons (Fsp3) is 0.400. The first-order valence-electron chi connectivity index (χ1n) is 4.45. The first-order chi connectivity index (χ1) is 6.54. The second kappa shape index (κ2) is 4.19. The number of hydrogen-bond donors (Lipinski definition) is 1. The maximum atomic E-state index is 10.6. The van der Waals surface area contributed by atoms with Crippen molar-refractivity contribution in [1.82, 2.24) is 0 Å². The van der Waals surface area contributed by atoms with Gasteiger partial charge < -0.3 is 5.11 Å². The van der Waals surface area contributed by atoms with Crippen LogP contribution in [0, 0.1) is 16.0 Å². The van der Waals surface area contributed by atoms with Crippen molar-refractivity contribution in [2.75, 3.05) is 0 Å². The number of benzene rings is 1. The lowest BCUT2D eigenvalue weighted by Gasteiger charge is -2.14. The van der Waals surface area contributed by atoms with Gasteiger partial charge in [-0.15, -0.1) is 0 Å². The smallest absolute Gasteiger partial charge is 0.275 e. The summed E-state index contributed by atoms with van der Waals surface area (Å²) < 4.78 is 0. The molecule has 0 amide bonds. The standard InChI is InChI=1S/C10H13NO3/c1-7(2)10(12)8-5-3-4-6-9(8)11(13)14/h3-7,10,12H,1-2H3/t10-/m0/s1. The zero-order valence-electron chi connectivity index (χ0n) is 8.18. The van der Waals surface area contributed by atoms with E-state index in [-0.39, 0.29) is 11.6 Å². The number of nitrogens with zero attached hydrogens (tertiary/aromatic N) is 1. The molecule has 0 saturated heterocycles. The predicted molar refractivity (Wildman–Crippen MR) is 52.9 cm³/mol. The van der Waals surface area contributed by atoms with E-state index in [1.807, 2.05) is 13.8 Å². The minimum absolute atomic E-state index is 0.0197. The fourth-order valence-electron chi connectivity index (χ4n) is 1.26. The van der Waals surface area contributed by atoms with E-state index < -0.39 is 11.0 Å². The van der Waals surface area contributed by atoms with Crippen molar-refractivity contribution in [1.29, 1.82) is 0 Å². The van der Waals surface area contributed by atoms with Crippen LogP contribution in [-0.2, 0) is 0 Å². The molecule has 0 aliphatic rings. The lowest BCUT2D eigenvalue weighted by Crippen LogP contribution is -2.07. The Morgan fingerprint density at radius 1 is 1.36 bits per heavy atom. The number of para-hydroxylation sites is 1. The second-order valence-electron chi connectivity index (χ2n) is 3.50. The van der Waals surface area contributed by atoms with Gasteiger partial charge in [0.1, 0.15) is 0 Å². The van der Waals surface area contributed by atoms with Gasteiger partial charge in [-0.05, 0) is 12.0 Å².